The van der Waals surface area contributed by atoms with Crippen LogP contribution in [0, 0.1) is 0 Å². The Kier molecular flexibility index (Phi) is 6.67. The number of nitrogens with two attached hydrogens (primary N) is 1. The second-order valence-electron chi connectivity index (χ2n) is 4.42. The maximum atomic E-state index is 6.08. The molecule has 0 unspecified atom stereocenters. The van der Waals surface area contributed by atoms with Crippen LogP contribution in [0.2, 0.25) is 0 Å². The minimum atomic E-state index is -0.574. The maximum Gasteiger partial charge on any atom is 0.0989 e. The van der Waals surface area contributed by atoms with Crippen LogP contribution in [0.15, 0.2) is 28.5 Å². The highest BCUT2D eigenvalue weighted by Gasteiger charge is 2.24. The highest BCUT2D eigenvalue weighted by atomic mass is 79.9. The molecule has 0 aromatic carbocycles. The zero-order valence-electron chi connectivity index (χ0n) is 11.1. The zero-order chi connectivity index (χ0) is 13.6. The summed E-state index contributed by atoms with van der Waals surface area (Å²) in [5.74, 6) is 0. The summed E-state index contributed by atoms with van der Waals surface area (Å²) in [6, 6.07) is 0. The van der Waals surface area contributed by atoms with Crippen LogP contribution in [0.5, 0.6) is 0 Å². The Labute approximate surface area is 112 Å². The van der Waals surface area contributed by atoms with Crippen molar-refractivity contribution in [2.45, 2.75) is 19.4 Å². The van der Waals surface area contributed by atoms with Crippen LogP contribution < -0.4 is 5.73 Å². The average Bonchev–Trinajstić information content (AvgIpc) is 2.19. The summed E-state index contributed by atoms with van der Waals surface area (Å²) in [5, 5.41) is 0. The zero-order valence-corrected chi connectivity index (χ0v) is 12.7. The number of aliphatic imine (C=N–C) groups is 1. The van der Waals surface area contributed by atoms with Crippen LogP contribution in [-0.4, -0.2) is 43.5 Å². The Bertz CT molecular complexity index is 318. The van der Waals surface area contributed by atoms with E-state index in [9.17, 15) is 0 Å². The van der Waals surface area contributed by atoms with Crippen molar-refractivity contribution in [3.63, 3.8) is 0 Å². The quantitative estimate of drug-likeness (QED) is 0.579. The van der Waals surface area contributed by atoms with Crippen molar-refractivity contribution in [1.82, 2.24) is 4.90 Å². The first-order valence-electron chi connectivity index (χ1n) is 5.32. The van der Waals surface area contributed by atoms with Crippen molar-refractivity contribution in [3.8, 4) is 0 Å². The lowest BCUT2D eigenvalue weighted by molar-refractivity contribution is 0.175. The fraction of sp³-hybridized carbons (Fsp3) is 0.583. The minimum absolute atomic E-state index is 0.535. The number of hydrogen-bond donors (Lipinski definition) is 1. The van der Waals surface area contributed by atoms with Crippen LogP contribution in [0.25, 0.3) is 0 Å². The Morgan fingerprint density at radius 2 is 2.00 bits per heavy atom. The second-order valence-corrected chi connectivity index (χ2v) is 5.33. The third-order valence-electron chi connectivity index (χ3n) is 2.21. The van der Waals surface area contributed by atoms with Gasteiger partial charge in [0, 0.05) is 20.7 Å². The molecule has 5 heteroatoms. The number of ether oxygens (including phenoxy) is 1. The molecule has 0 aliphatic carbocycles. The normalized spacial score (nSPS) is 12.5. The lowest BCUT2D eigenvalue weighted by atomic mass is 9.97. The summed E-state index contributed by atoms with van der Waals surface area (Å²) in [7, 11) is 3.60. The molecule has 0 aliphatic heterocycles. The van der Waals surface area contributed by atoms with Crippen molar-refractivity contribution in [1.29, 1.82) is 0 Å². The van der Waals surface area contributed by atoms with Gasteiger partial charge < -0.3 is 15.4 Å². The van der Waals surface area contributed by atoms with Gasteiger partial charge in [0.05, 0.1) is 28.2 Å². The first kappa shape index (κ1) is 16.4. The summed E-state index contributed by atoms with van der Waals surface area (Å²) in [4.78, 5) is 6.27. The average molecular weight is 304 g/mol. The van der Waals surface area contributed by atoms with E-state index in [1.165, 1.54) is 0 Å². The summed E-state index contributed by atoms with van der Waals surface area (Å²) in [6.45, 7) is 12.9. The molecule has 0 rings (SSSR count). The maximum absolute atomic E-state index is 6.08. The van der Waals surface area contributed by atoms with Crippen molar-refractivity contribution < 1.29 is 4.74 Å². The van der Waals surface area contributed by atoms with E-state index in [1.807, 2.05) is 25.8 Å². The number of hydrogen-bond acceptors (Lipinski definition) is 4. The molecular weight excluding hydrogens is 282 g/mol. The van der Waals surface area contributed by atoms with Gasteiger partial charge in [-0.25, -0.2) is 4.99 Å². The molecule has 0 aromatic rings. The van der Waals surface area contributed by atoms with Crippen molar-refractivity contribution >= 4 is 21.6 Å². The van der Waals surface area contributed by atoms with Crippen LogP contribution in [0.4, 0.5) is 0 Å². The van der Waals surface area contributed by atoms with Crippen molar-refractivity contribution in [3.05, 3.63) is 23.5 Å². The van der Waals surface area contributed by atoms with Crippen molar-refractivity contribution in [2.75, 3.05) is 27.3 Å². The summed E-state index contributed by atoms with van der Waals surface area (Å²) >= 11 is 3.22. The number of rotatable bonds is 7. The number of halogens is 1. The Morgan fingerprint density at radius 3 is 2.35 bits per heavy atom. The van der Waals surface area contributed by atoms with Crippen LogP contribution in [-0.2, 0) is 4.74 Å². The minimum Gasteiger partial charge on any atom is -0.383 e. The Hall–Kier alpha value is -0.650. The molecule has 0 saturated heterocycles. The van der Waals surface area contributed by atoms with Gasteiger partial charge in [-0.2, -0.15) is 0 Å². The molecule has 4 nitrogen and oxygen atoms in total. The molecule has 0 amide bonds. The lowest BCUT2D eigenvalue weighted by Gasteiger charge is -2.29. The predicted octanol–water partition coefficient (Wildman–Crippen LogP) is 2.12. The van der Waals surface area contributed by atoms with E-state index < -0.39 is 5.54 Å². The molecule has 0 aromatic heterocycles. The van der Waals surface area contributed by atoms with Gasteiger partial charge in [0.2, 0.25) is 0 Å². The van der Waals surface area contributed by atoms with Crippen LogP contribution >= 0.6 is 15.9 Å². The van der Waals surface area contributed by atoms with Crippen molar-refractivity contribution in [2.24, 2.45) is 10.7 Å². The number of likely N-dealkylation sites (N-methyl/N-ethyl adjacent to an activating group) is 1. The largest absolute Gasteiger partial charge is 0.383 e. The van der Waals surface area contributed by atoms with E-state index in [0.717, 1.165) is 12.2 Å². The molecule has 0 spiro atoms. The third-order valence-corrected chi connectivity index (χ3v) is 2.39. The topological polar surface area (TPSA) is 50.8 Å². The molecule has 98 valence electrons. The SMILES string of the molecule is C=C(Br)/N=C(\C(=C)N(C)CCOC)C(C)(C)N. The molecule has 0 saturated carbocycles. The highest BCUT2D eigenvalue weighted by Crippen LogP contribution is 2.16. The summed E-state index contributed by atoms with van der Waals surface area (Å²) in [5.41, 5.74) is 6.99. The van der Waals surface area contributed by atoms with Crippen LogP contribution in [0.1, 0.15) is 13.8 Å². The highest BCUT2D eigenvalue weighted by molar-refractivity contribution is 9.11. The molecule has 0 bridgehead atoms. The molecule has 0 fully saturated rings. The van der Waals surface area contributed by atoms with Gasteiger partial charge in [-0.15, -0.1) is 0 Å². The molecular formula is C12H22BrN3O. The molecule has 0 radical (unpaired) electrons. The monoisotopic (exact) mass is 303 g/mol. The van der Waals surface area contributed by atoms with Gasteiger partial charge in [-0.3, -0.25) is 0 Å². The molecule has 0 aliphatic rings. The summed E-state index contributed by atoms with van der Waals surface area (Å²) in [6.07, 6.45) is 0. The number of methoxy groups -OCH3 is 1. The predicted molar refractivity (Wildman–Crippen MR) is 77.4 cm³/mol. The first-order valence-corrected chi connectivity index (χ1v) is 6.11. The molecule has 0 atom stereocenters. The van der Waals surface area contributed by atoms with E-state index in [0.29, 0.717) is 16.9 Å². The molecule has 0 heterocycles. The van der Waals surface area contributed by atoms with Gasteiger partial charge in [0.25, 0.3) is 0 Å². The third kappa shape index (κ3) is 6.00. The van der Waals surface area contributed by atoms with E-state index >= 15 is 0 Å². The number of nitrogens with zero attached hydrogens (tertiary/aromatic N) is 2. The smallest absolute Gasteiger partial charge is 0.0989 e. The van der Waals surface area contributed by atoms with Gasteiger partial charge in [-0.1, -0.05) is 13.2 Å². The summed E-state index contributed by atoms with van der Waals surface area (Å²) < 4.78 is 5.56. The van der Waals surface area contributed by atoms with E-state index in [2.05, 4.69) is 34.1 Å². The van der Waals surface area contributed by atoms with Gasteiger partial charge in [0.1, 0.15) is 0 Å². The fourth-order valence-corrected chi connectivity index (χ4v) is 1.42. The standard InChI is InChI=1S/C12H22BrN3O/c1-9(16(5)7-8-17-6)11(12(3,4)14)15-10(2)13/h1-2,7-8,14H2,3-6H3/b15-11+. The Morgan fingerprint density at radius 1 is 1.47 bits per heavy atom. The van der Waals surface area contributed by atoms with E-state index in [-0.39, 0.29) is 0 Å². The molecule has 17 heavy (non-hydrogen) atoms. The van der Waals surface area contributed by atoms with Gasteiger partial charge in [0.15, 0.2) is 0 Å². The molecule has 2 N–H and O–H groups in total. The fourth-order valence-electron chi connectivity index (χ4n) is 1.25. The van der Waals surface area contributed by atoms with Gasteiger partial charge >= 0.3 is 0 Å². The Balaban J connectivity index is 4.96. The van der Waals surface area contributed by atoms with E-state index in [1.54, 1.807) is 7.11 Å². The van der Waals surface area contributed by atoms with E-state index in [4.69, 9.17) is 10.5 Å². The van der Waals surface area contributed by atoms with Crippen LogP contribution in [0.3, 0.4) is 0 Å². The van der Waals surface area contributed by atoms with Gasteiger partial charge in [-0.05, 0) is 29.8 Å². The lowest BCUT2D eigenvalue weighted by Crippen LogP contribution is -2.45. The first-order chi connectivity index (χ1) is 7.70. The second kappa shape index (κ2) is 6.93.